The number of rotatable bonds is 3. The van der Waals surface area contributed by atoms with Gasteiger partial charge in [-0.3, -0.25) is 4.79 Å². The molecule has 1 aromatic carbocycles. The molecule has 0 aromatic heterocycles. The molecule has 0 aliphatic heterocycles. The van der Waals surface area contributed by atoms with E-state index in [0.717, 1.165) is 0 Å². The Balaban J connectivity index is 2.96. The summed E-state index contributed by atoms with van der Waals surface area (Å²) in [5, 5.41) is 10.8. The Morgan fingerprint density at radius 2 is 1.57 bits per heavy atom. The molecule has 21 heavy (non-hydrogen) atoms. The third kappa shape index (κ3) is 3.99. The normalized spacial score (nSPS) is 13.1. The van der Waals surface area contributed by atoms with Gasteiger partial charge in [0.2, 0.25) is 5.91 Å². The van der Waals surface area contributed by atoms with E-state index in [1.165, 1.54) is 18.2 Å². The van der Waals surface area contributed by atoms with Crippen LogP contribution in [0.2, 0.25) is 0 Å². The van der Waals surface area contributed by atoms with Crippen molar-refractivity contribution in [2.75, 3.05) is 5.32 Å². The molecular formula is C11H8F6INO2. The second-order valence-electron chi connectivity index (χ2n) is 4.06. The van der Waals surface area contributed by atoms with Gasteiger partial charge in [-0.1, -0.05) is 12.1 Å². The van der Waals surface area contributed by atoms with Crippen LogP contribution < -0.4 is 5.32 Å². The van der Waals surface area contributed by atoms with Crippen molar-refractivity contribution in [3.05, 3.63) is 27.8 Å². The van der Waals surface area contributed by atoms with Gasteiger partial charge < -0.3 is 10.4 Å². The highest BCUT2D eigenvalue weighted by Gasteiger charge is 2.71. The molecule has 0 atom stereocenters. The Hall–Kier alpha value is -1.04. The fourth-order valence-electron chi connectivity index (χ4n) is 1.35. The topological polar surface area (TPSA) is 49.3 Å². The number of carbonyl (C=O) groups excluding carboxylic acids is 1. The van der Waals surface area contributed by atoms with Crippen LogP contribution in [0.4, 0.5) is 32.0 Å². The molecule has 0 radical (unpaired) electrons. The first-order valence-electron chi connectivity index (χ1n) is 5.29. The van der Waals surface area contributed by atoms with Crippen LogP contribution in [-0.4, -0.2) is 29.0 Å². The summed E-state index contributed by atoms with van der Waals surface area (Å²) in [5.41, 5.74) is -5.04. The maximum atomic E-state index is 12.4. The predicted molar refractivity (Wildman–Crippen MR) is 69.5 cm³/mol. The summed E-state index contributed by atoms with van der Waals surface area (Å²) in [5.74, 6) is -1.60. The molecule has 0 heterocycles. The molecule has 0 aliphatic carbocycles. The van der Waals surface area contributed by atoms with Crippen LogP contribution in [0.25, 0.3) is 0 Å². The van der Waals surface area contributed by atoms with Gasteiger partial charge in [0.1, 0.15) is 0 Å². The quantitative estimate of drug-likeness (QED) is 0.574. The van der Waals surface area contributed by atoms with Crippen LogP contribution in [0, 0.1) is 3.57 Å². The molecule has 0 spiro atoms. The average molecular weight is 427 g/mol. The first-order chi connectivity index (χ1) is 9.38. The van der Waals surface area contributed by atoms with Gasteiger partial charge >= 0.3 is 12.4 Å². The van der Waals surface area contributed by atoms with Crippen LogP contribution in [0.1, 0.15) is 6.42 Å². The predicted octanol–water partition coefficient (Wildman–Crippen LogP) is 3.48. The number of carbonyl (C=O) groups is 1. The highest BCUT2D eigenvalue weighted by atomic mass is 127. The van der Waals surface area contributed by atoms with Crippen molar-refractivity contribution < 1.29 is 36.2 Å². The zero-order chi connectivity index (χ0) is 16.5. The van der Waals surface area contributed by atoms with Crippen molar-refractivity contribution in [1.82, 2.24) is 0 Å². The molecule has 0 unspecified atom stereocenters. The molecule has 2 N–H and O–H groups in total. The van der Waals surface area contributed by atoms with Crippen LogP contribution in [0.5, 0.6) is 0 Å². The molecule has 1 amide bonds. The van der Waals surface area contributed by atoms with Crippen molar-refractivity contribution in [2.24, 2.45) is 0 Å². The van der Waals surface area contributed by atoms with E-state index in [-0.39, 0.29) is 5.69 Å². The second-order valence-corrected chi connectivity index (χ2v) is 5.22. The van der Waals surface area contributed by atoms with Gasteiger partial charge in [-0.25, -0.2) is 0 Å². The SMILES string of the molecule is O=C(CC(O)(C(F)(F)F)C(F)(F)F)Nc1ccccc1I. The van der Waals surface area contributed by atoms with Gasteiger partial charge in [0, 0.05) is 3.57 Å². The lowest BCUT2D eigenvalue weighted by molar-refractivity contribution is -0.366. The highest BCUT2D eigenvalue weighted by Crippen LogP contribution is 2.45. The van der Waals surface area contributed by atoms with Crippen LogP contribution in [0.15, 0.2) is 24.3 Å². The molecule has 1 aromatic rings. The van der Waals surface area contributed by atoms with Gasteiger partial charge in [-0.05, 0) is 34.7 Å². The van der Waals surface area contributed by atoms with E-state index in [1.807, 2.05) is 5.32 Å². The number of benzene rings is 1. The Morgan fingerprint density at radius 1 is 1.10 bits per heavy atom. The summed E-state index contributed by atoms with van der Waals surface area (Å²) in [7, 11) is 0. The summed E-state index contributed by atoms with van der Waals surface area (Å²) in [4.78, 5) is 11.4. The van der Waals surface area contributed by atoms with Crippen LogP contribution >= 0.6 is 22.6 Å². The van der Waals surface area contributed by atoms with Gasteiger partial charge in [0.05, 0.1) is 12.1 Å². The first-order valence-corrected chi connectivity index (χ1v) is 6.36. The smallest absolute Gasteiger partial charge is 0.373 e. The van der Waals surface area contributed by atoms with Crippen molar-refractivity contribution in [3.63, 3.8) is 0 Å². The number of halogens is 7. The van der Waals surface area contributed by atoms with E-state index in [9.17, 15) is 31.1 Å². The molecule has 118 valence electrons. The summed E-state index contributed by atoms with van der Waals surface area (Å²) < 4.78 is 75.0. The largest absolute Gasteiger partial charge is 0.426 e. The molecule has 10 heteroatoms. The Morgan fingerprint density at radius 3 is 2.00 bits per heavy atom. The third-order valence-electron chi connectivity index (χ3n) is 2.50. The Labute approximate surface area is 128 Å². The standard InChI is InChI=1S/C11H8F6INO2/c12-10(13,14)9(21,11(15,16)17)5-8(20)19-7-4-2-1-3-6(7)18/h1-4,21H,5H2,(H,19,20). The van der Waals surface area contributed by atoms with E-state index in [1.54, 1.807) is 28.7 Å². The minimum atomic E-state index is -6.02. The van der Waals surface area contributed by atoms with Gasteiger partial charge in [-0.2, -0.15) is 26.3 Å². The number of alkyl halides is 6. The van der Waals surface area contributed by atoms with E-state index >= 15 is 0 Å². The number of nitrogens with one attached hydrogen (secondary N) is 1. The highest BCUT2D eigenvalue weighted by molar-refractivity contribution is 14.1. The summed E-state index contributed by atoms with van der Waals surface area (Å²) >= 11 is 1.74. The van der Waals surface area contributed by atoms with Crippen molar-refractivity contribution in [2.45, 2.75) is 24.4 Å². The fraction of sp³-hybridized carbons (Fsp3) is 0.364. The van der Waals surface area contributed by atoms with E-state index < -0.39 is 30.3 Å². The van der Waals surface area contributed by atoms with Crippen molar-refractivity contribution in [3.8, 4) is 0 Å². The first kappa shape index (κ1) is 18.0. The third-order valence-corrected chi connectivity index (χ3v) is 3.44. The number of para-hydroxylation sites is 1. The minimum absolute atomic E-state index is 0.0507. The van der Waals surface area contributed by atoms with E-state index in [0.29, 0.717) is 3.57 Å². The summed E-state index contributed by atoms with van der Waals surface area (Å²) in [6.07, 6.45) is -14.2. The molecule has 0 bridgehead atoms. The number of hydrogen-bond donors (Lipinski definition) is 2. The maximum absolute atomic E-state index is 12.4. The number of hydrogen-bond acceptors (Lipinski definition) is 2. The lowest BCUT2D eigenvalue weighted by Gasteiger charge is -2.31. The molecule has 0 saturated carbocycles. The molecule has 3 nitrogen and oxygen atoms in total. The van der Waals surface area contributed by atoms with Gasteiger partial charge in [0.25, 0.3) is 5.60 Å². The summed E-state index contributed by atoms with van der Waals surface area (Å²) in [6.45, 7) is 0. The molecule has 0 fully saturated rings. The number of anilines is 1. The van der Waals surface area contributed by atoms with Crippen molar-refractivity contribution in [1.29, 1.82) is 0 Å². The fourth-order valence-corrected chi connectivity index (χ4v) is 1.87. The van der Waals surface area contributed by atoms with Crippen molar-refractivity contribution >= 4 is 34.2 Å². The molecule has 1 rings (SSSR count). The monoisotopic (exact) mass is 427 g/mol. The van der Waals surface area contributed by atoms with Crippen LogP contribution in [-0.2, 0) is 4.79 Å². The van der Waals surface area contributed by atoms with Gasteiger partial charge in [0.15, 0.2) is 0 Å². The maximum Gasteiger partial charge on any atom is 0.426 e. The lowest BCUT2D eigenvalue weighted by atomic mass is 9.97. The summed E-state index contributed by atoms with van der Waals surface area (Å²) in [6, 6.07) is 5.81. The molecular weight excluding hydrogens is 419 g/mol. The number of aliphatic hydroxyl groups is 1. The Kier molecular flexibility index (Phi) is 5.13. The molecule has 0 saturated heterocycles. The minimum Gasteiger partial charge on any atom is -0.373 e. The molecule has 0 aliphatic rings. The van der Waals surface area contributed by atoms with Crippen LogP contribution in [0.3, 0.4) is 0 Å². The zero-order valence-electron chi connectivity index (χ0n) is 10.0. The zero-order valence-corrected chi connectivity index (χ0v) is 12.2. The number of amides is 1. The van der Waals surface area contributed by atoms with E-state index in [4.69, 9.17) is 5.11 Å². The Bertz CT molecular complexity index is 514. The van der Waals surface area contributed by atoms with Gasteiger partial charge in [-0.15, -0.1) is 0 Å². The van der Waals surface area contributed by atoms with E-state index in [2.05, 4.69) is 0 Å². The average Bonchev–Trinajstić information content (AvgIpc) is 2.29. The second kappa shape index (κ2) is 5.99. The lowest BCUT2D eigenvalue weighted by Crippen LogP contribution is -2.58.